The molecule has 0 spiro atoms. The second-order valence-corrected chi connectivity index (χ2v) is 6.69. The van der Waals surface area contributed by atoms with E-state index in [1.54, 1.807) is 11.8 Å². The van der Waals surface area contributed by atoms with Crippen molar-refractivity contribution in [3.05, 3.63) is 53.1 Å². The largest absolute Gasteiger partial charge is 0.372 e. The standard InChI is InChI=1S/C18H20ClN3S/c1-3-22(4-2)17-8-6-5-7-13(17)12-23-18-20-15-10-9-14(19)11-16(15)21-18/h5-11H,3-4,12H2,1-2H3,(H,20,21). The topological polar surface area (TPSA) is 31.9 Å². The fourth-order valence-electron chi connectivity index (χ4n) is 2.68. The number of aromatic nitrogens is 2. The Hall–Kier alpha value is -1.65. The second kappa shape index (κ2) is 7.28. The molecule has 1 heterocycles. The van der Waals surface area contributed by atoms with Crippen LogP contribution < -0.4 is 4.90 Å². The second-order valence-electron chi connectivity index (χ2n) is 5.29. The Bertz CT molecular complexity index is 796. The molecule has 23 heavy (non-hydrogen) atoms. The number of H-pyrrole nitrogens is 1. The molecule has 5 heteroatoms. The van der Waals surface area contributed by atoms with Gasteiger partial charge in [-0.1, -0.05) is 41.6 Å². The van der Waals surface area contributed by atoms with Gasteiger partial charge in [-0.05, 0) is 43.7 Å². The van der Waals surface area contributed by atoms with E-state index in [2.05, 4.69) is 53.0 Å². The van der Waals surface area contributed by atoms with Crippen molar-refractivity contribution >= 4 is 40.1 Å². The Morgan fingerprint density at radius 2 is 1.91 bits per heavy atom. The van der Waals surface area contributed by atoms with Crippen LogP contribution in [0.15, 0.2) is 47.6 Å². The molecule has 0 atom stereocenters. The summed E-state index contributed by atoms with van der Waals surface area (Å²) >= 11 is 7.74. The van der Waals surface area contributed by atoms with Crippen molar-refractivity contribution in [3.8, 4) is 0 Å². The molecule has 3 rings (SSSR count). The van der Waals surface area contributed by atoms with Crippen molar-refractivity contribution in [2.24, 2.45) is 0 Å². The number of hydrogen-bond acceptors (Lipinski definition) is 3. The maximum absolute atomic E-state index is 6.02. The third-order valence-electron chi connectivity index (χ3n) is 3.88. The predicted molar refractivity (Wildman–Crippen MR) is 101 cm³/mol. The summed E-state index contributed by atoms with van der Waals surface area (Å²) in [5.74, 6) is 0.889. The minimum atomic E-state index is 0.715. The molecule has 0 saturated carbocycles. The van der Waals surface area contributed by atoms with Gasteiger partial charge in [0, 0.05) is 29.6 Å². The Balaban J connectivity index is 1.79. The molecular formula is C18H20ClN3S. The molecule has 0 radical (unpaired) electrons. The lowest BCUT2D eigenvalue weighted by atomic mass is 10.2. The van der Waals surface area contributed by atoms with Crippen LogP contribution >= 0.6 is 23.4 Å². The van der Waals surface area contributed by atoms with Crippen molar-refractivity contribution in [1.29, 1.82) is 0 Å². The van der Waals surface area contributed by atoms with Gasteiger partial charge in [-0.2, -0.15) is 0 Å². The van der Waals surface area contributed by atoms with E-state index >= 15 is 0 Å². The summed E-state index contributed by atoms with van der Waals surface area (Å²) in [7, 11) is 0. The smallest absolute Gasteiger partial charge is 0.166 e. The zero-order valence-corrected chi connectivity index (χ0v) is 14.9. The molecule has 0 aliphatic rings. The number of fused-ring (bicyclic) bond motifs is 1. The number of nitrogens with one attached hydrogen (secondary N) is 1. The lowest BCUT2D eigenvalue weighted by Crippen LogP contribution is -2.22. The number of rotatable bonds is 6. The van der Waals surface area contributed by atoms with E-state index in [1.165, 1.54) is 11.3 Å². The zero-order chi connectivity index (χ0) is 16.2. The van der Waals surface area contributed by atoms with Crippen molar-refractivity contribution in [3.63, 3.8) is 0 Å². The molecule has 2 aromatic carbocycles. The van der Waals surface area contributed by atoms with Gasteiger partial charge in [-0.3, -0.25) is 0 Å². The van der Waals surface area contributed by atoms with Crippen LogP contribution in [0.4, 0.5) is 5.69 Å². The van der Waals surface area contributed by atoms with Gasteiger partial charge in [-0.15, -0.1) is 0 Å². The average Bonchev–Trinajstić information content (AvgIpc) is 2.97. The Morgan fingerprint density at radius 1 is 1.13 bits per heavy atom. The van der Waals surface area contributed by atoms with E-state index in [1.807, 2.05) is 18.2 Å². The van der Waals surface area contributed by atoms with Crippen LogP contribution in [0.2, 0.25) is 5.02 Å². The molecule has 120 valence electrons. The summed E-state index contributed by atoms with van der Waals surface area (Å²) in [5, 5.41) is 1.64. The number of anilines is 1. The molecule has 1 aromatic heterocycles. The molecule has 0 aliphatic carbocycles. The quantitative estimate of drug-likeness (QED) is 0.611. The average molecular weight is 346 g/mol. The van der Waals surface area contributed by atoms with Crippen LogP contribution in [-0.2, 0) is 5.75 Å². The summed E-state index contributed by atoms with van der Waals surface area (Å²) in [6, 6.07) is 14.3. The molecule has 0 saturated heterocycles. The van der Waals surface area contributed by atoms with Crippen LogP contribution in [0, 0.1) is 0 Å². The first-order chi connectivity index (χ1) is 11.2. The van der Waals surface area contributed by atoms with E-state index in [-0.39, 0.29) is 0 Å². The number of aromatic amines is 1. The predicted octanol–water partition coefficient (Wildman–Crippen LogP) is 5.35. The number of hydrogen-bond donors (Lipinski definition) is 1. The van der Waals surface area contributed by atoms with Crippen molar-refractivity contribution in [2.45, 2.75) is 24.8 Å². The number of thioether (sulfide) groups is 1. The normalized spacial score (nSPS) is 11.1. The zero-order valence-electron chi connectivity index (χ0n) is 13.3. The molecule has 0 aliphatic heterocycles. The Morgan fingerprint density at radius 3 is 2.70 bits per heavy atom. The lowest BCUT2D eigenvalue weighted by Gasteiger charge is -2.23. The number of para-hydroxylation sites is 1. The van der Waals surface area contributed by atoms with Crippen LogP contribution in [0.3, 0.4) is 0 Å². The number of nitrogens with zero attached hydrogens (tertiary/aromatic N) is 2. The fourth-order valence-corrected chi connectivity index (χ4v) is 3.72. The highest BCUT2D eigenvalue weighted by Crippen LogP contribution is 2.29. The van der Waals surface area contributed by atoms with Crippen LogP contribution in [0.5, 0.6) is 0 Å². The van der Waals surface area contributed by atoms with Crippen molar-refractivity contribution in [1.82, 2.24) is 9.97 Å². The monoisotopic (exact) mass is 345 g/mol. The van der Waals surface area contributed by atoms with Gasteiger partial charge in [0.15, 0.2) is 5.16 Å². The third kappa shape index (κ3) is 3.65. The van der Waals surface area contributed by atoms with E-state index in [9.17, 15) is 0 Å². The fraction of sp³-hybridized carbons (Fsp3) is 0.278. The summed E-state index contributed by atoms with van der Waals surface area (Å²) < 4.78 is 0. The van der Waals surface area contributed by atoms with Crippen molar-refractivity contribution in [2.75, 3.05) is 18.0 Å². The highest BCUT2D eigenvalue weighted by molar-refractivity contribution is 7.98. The molecule has 0 unspecified atom stereocenters. The van der Waals surface area contributed by atoms with E-state index in [0.29, 0.717) is 5.02 Å². The summed E-state index contributed by atoms with van der Waals surface area (Å²) in [4.78, 5) is 10.3. The van der Waals surface area contributed by atoms with E-state index < -0.39 is 0 Å². The van der Waals surface area contributed by atoms with Gasteiger partial charge in [0.2, 0.25) is 0 Å². The van der Waals surface area contributed by atoms with Crippen molar-refractivity contribution < 1.29 is 0 Å². The van der Waals surface area contributed by atoms with Gasteiger partial charge in [0.05, 0.1) is 11.0 Å². The van der Waals surface area contributed by atoms with Gasteiger partial charge in [0.1, 0.15) is 0 Å². The Labute approximate surface area is 146 Å². The lowest BCUT2D eigenvalue weighted by molar-refractivity contribution is 0.861. The molecule has 0 fully saturated rings. The minimum absolute atomic E-state index is 0.715. The van der Waals surface area contributed by atoms with Gasteiger partial charge in [0.25, 0.3) is 0 Å². The summed E-state index contributed by atoms with van der Waals surface area (Å²) in [6.07, 6.45) is 0. The number of imidazole rings is 1. The number of benzene rings is 2. The van der Waals surface area contributed by atoms with Gasteiger partial charge in [-0.25, -0.2) is 4.98 Å². The Kier molecular flexibility index (Phi) is 5.13. The SMILES string of the molecule is CCN(CC)c1ccccc1CSc1nc2cc(Cl)ccc2[nH]1. The summed E-state index contributed by atoms with van der Waals surface area (Å²) in [6.45, 7) is 6.41. The summed E-state index contributed by atoms with van der Waals surface area (Å²) in [5.41, 5.74) is 4.58. The first-order valence-corrected chi connectivity index (χ1v) is 9.18. The van der Waals surface area contributed by atoms with Gasteiger partial charge >= 0.3 is 0 Å². The molecule has 0 bridgehead atoms. The third-order valence-corrected chi connectivity index (χ3v) is 5.04. The van der Waals surface area contributed by atoms with E-state index in [0.717, 1.165) is 35.0 Å². The molecule has 0 amide bonds. The minimum Gasteiger partial charge on any atom is -0.372 e. The van der Waals surface area contributed by atoms with Gasteiger partial charge < -0.3 is 9.88 Å². The molecule has 1 N–H and O–H groups in total. The maximum Gasteiger partial charge on any atom is 0.166 e. The first kappa shape index (κ1) is 16.2. The highest BCUT2D eigenvalue weighted by Gasteiger charge is 2.10. The molecule has 3 nitrogen and oxygen atoms in total. The maximum atomic E-state index is 6.02. The molecular weight excluding hydrogens is 326 g/mol. The highest BCUT2D eigenvalue weighted by atomic mass is 35.5. The van der Waals surface area contributed by atoms with E-state index in [4.69, 9.17) is 11.6 Å². The first-order valence-electron chi connectivity index (χ1n) is 7.82. The van der Waals surface area contributed by atoms with Crippen LogP contribution in [-0.4, -0.2) is 23.1 Å². The number of halogens is 1. The molecule has 3 aromatic rings. The van der Waals surface area contributed by atoms with Crippen LogP contribution in [0.25, 0.3) is 11.0 Å². The van der Waals surface area contributed by atoms with Crippen LogP contribution in [0.1, 0.15) is 19.4 Å².